The van der Waals surface area contributed by atoms with Gasteiger partial charge in [-0.2, -0.15) is 10.4 Å². The highest BCUT2D eigenvalue weighted by Crippen LogP contribution is 2.36. The lowest BCUT2D eigenvalue weighted by atomic mass is 9.89. The summed E-state index contributed by atoms with van der Waals surface area (Å²) in [5, 5.41) is 14.8. The van der Waals surface area contributed by atoms with Crippen LogP contribution < -0.4 is 0 Å². The third-order valence-corrected chi connectivity index (χ3v) is 7.95. The number of carbonyl (C=O) groups is 1. The molecule has 180 valence electrons. The molecule has 0 spiro atoms. The fourth-order valence-corrected chi connectivity index (χ4v) is 6.08. The highest BCUT2D eigenvalue weighted by molar-refractivity contribution is 7.90. The van der Waals surface area contributed by atoms with Crippen molar-refractivity contribution in [2.45, 2.75) is 52.6 Å². The Morgan fingerprint density at radius 3 is 2.65 bits per heavy atom. The summed E-state index contributed by atoms with van der Waals surface area (Å²) in [5.74, 6) is -0.0552. The molecule has 1 unspecified atom stereocenters. The lowest BCUT2D eigenvalue weighted by Crippen LogP contribution is -2.63. The maximum absolute atomic E-state index is 13.0. The molecule has 34 heavy (non-hydrogen) atoms. The Hall–Kier alpha value is -3.10. The van der Waals surface area contributed by atoms with E-state index in [1.807, 2.05) is 51.2 Å². The Balaban J connectivity index is 1.69. The van der Waals surface area contributed by atoms with E-state index in [9.17, 15) is 14.3 Å². The Bertz CT molecular complexity index is 1410. The van der Waals surface area contributed by atoms with Gasteiger partial charge in [0.15, 0.2) is 5.65 Å². The van der Waals surface area contributed by atoms with Crippen molar-refractivity contribution in [1.82, 2.24) is 28.6 Å². The molecular weight excluding hydrogens is 452 g/mol. The number of hydrogen-bond acceptors (Lipinski definition) is 7. The molecule has 1 aliphatic rings. The van der Waals surface area contributed by atoms with Gasteiger partial charge in [-0.25, -0.2) is 22.8 Å². The van der Waals surface area contributed by atoms with Gasteiger partial charge >= 0.3 is 0 Å². The van der Waals surface area contributed by atoms with Gasteiger partial charge in [0.1, 0.15) is 21.8 Å². The van der Waals surface area contributed by atoms with Crippen LogP contribution >= 0.6 is 0 Å². The Morgan fingerprint density at radius 1 is 1.32 bits per heavy atom. The van der Waals surface area contributed by atoms with Crippen LogP contribution in [0.2, 0.25) is 0 Å². The van der Waals surface area contributed by atoms with E-state index in [1.165, 1.54) is 6.33 Å². The summed E-state index contributed by atoms with van der Waals surface area (Å²) < 4.78 is 22.5. The van der Waals surface area contributed by atoms with Gasteiger partial charge in [-0.15, -0.1) is 0 Å². The summed E-state index contributed by atoms with van der Waals surface area (Å²) in [6.45, 7) is 10.2. The van der Waals surface area contributed by atoms with E-state index in [4.69, 9.17) is 0 Å². The second-order valence-electron chi connectivity index (χ2n) is 10.2. The van der Waals surface area contributed by atoms with E-state index in [0.29, 0.717) is 24.4 Å². The van der Waals surface area contributed by atoms with Crippen LogP contribution in [0.1, 0.15) is 45.8 Å². The molecule has 0 radical (unpaired) electrons. The number of rotatable bonds is 5. The first kappa shape index (κ1) is 24.0. The summed E-state index contributed by atoms with van der Waals surface area (Å²) in [7, 11) is -2.51. The molecule has 0 saturated carbocycles. The van der Waals surface area contributed by atoms with Gasteiger partial charge in [0.05, 0.1) is 30.4 Å². The number of aromatic nitrogens is 5. The molecule has 11 heteroatoms. The van der Waals surface area contributed by atoms with Crippen LogP contribution in [0.25, 0.3) is 22.3 Å². The van der Waals surface area contributed by atoms with Crippen molar-refractivity contribution in [3.63, 3.8) is 0 Å². The zero-order chi connectivity index (χ0) is 24.9. The van der Waals surface area contributed by atoms with Gasteiger partial charge < -0.3 is 0 Å². The zero-order valence-electron chi connectivity index (χ0n) is 20.4. The van der Waals surface area contributed by atoms with Crippen LogP contribution in [0.5, 0.6) is 0 Å². The first-order chi connectivity index (χ1) is 15.9. The molecular formula is C23H30N8O2S. The third kappa shape index (κ3) is 4.12. The summed E-state index contributed by atoms with van der Waals surface area (Å²) in [6, 6.07) is 4.04. The second kappa shape index (κ2) is 8.29. The number of carbonyl (C=O) groups excluding carboxylic acids is 1. The maximum atomic E-state index is 13.0. The smallest absolute Gasteiger partial charge is 0.237 e. The van der Waals surface area contributed by atoms with Gasteiger partial charge in [0, 0.05) is 48.1 Å². The Labute approximate surface area is 199 Å². The van der Waals surface area contributed by atoms with E-state index in [-0.39, 0.29) is 18.4 Å². The number of nitrogens with zero attached hydrogens (tertiary/aromatic N) is 8. The summed E-state index contributed by atoms with van der Waals surface area (Å²) in [4.78, 5) is 21.6. The minimum absolute atomic E-state index is 0.0441. The minimum Gasteiger partial charge on any atom is -0.273 e. The quantitative estimate of drug-likeness (QED) is 0.550. The van der Waals surface area contributed by atoms with Gasteiger partial charge in [0.2, 0.25) is 5.91 Å². The summed E-state index contributed by atoms with van der Waals surface area (Å²) >= 11 is 0. The van der Waals surface area contributed by atoms with E-state index in [1.54, 1.807) is 27.9 Å². The first-order valence-corrected chi connectivity index (χ1v) is 13.0. The molecule has 0 amide bonds. The molecule has 0 N–H and O–H groups in total. The number of fused-ring (bicyclic) bond motifs is 1. The molecule has 1 fully saturated rings. The maximum Gasteiger partial charge on any atom is 0.237 e. The molecule has 0 aliphatic carbocycles. The fourth-order valence-electron chi connectivity index (χ4n) is 4.20. The molecule has 0 aromatic carbocycles. The van der Waals surface area contributed by atoms with Crippen LogP contribution in [0.15, 0.2) is 35.3 Å². The van der Waals surface area contributed by atoms with Crippen molar-refractivity contribution in [2.75, 3.05) is 19.3 Å². The molecule has 4 rings (SSSR count). The molecule has 0 bridgehead atoms. The molecule has 1 aliphatic heterocycles. The average molecular weight is 483 g/mol. The fraction of sp³-hybridized carbons (Fsp3) is 0.522. The molecule has 3 aromatic heterocycles. The molecule has 1 atom stereocenters. The predicted molar refractivity (Wildman–Crippen MR) is 130 cm³/mol. The van der Waals surface area contributed by atoms with E-state index < -0.39 is 20.9 Å². The monoisotopic (exact) mass is 482 g/mol. The molecule has 4 heterocycles. The first-order valence-electron chi connectivity index (χ1n) is 11.1. The van der Waals surface area contributed by atoms with E-state index in [2.05, 4.69) is 25.5 Å². The van der Waals surface area contributed by atoms with E-state index >= 15 is 0 Å². The van der Waals surface area contributed by atoms with Crippen molar-refractivity contribution >= 4 is 26.9 Å². The molecule has 3 aromatic rings. The lowest BCUT2D eigenvalue weighted by molar-refractivity contribution is 0.0753. The van der Waals surface area contributed by atoms with Gasteiger partial charge in [0.25, 0.3) is 0 Å². The minimum atomic E-state index is -2.51. The van der Waals surface area contributed by atoms with Gasteiger partial charge in [-0.1, -0.05) is 20.8 Å². The average Bonchev–Trinajstić information content (AvgIpc) is 3.35. The van der Waals surface area contributed by atoms with Crippen LogP contribution in [-0.4, -0.2) is 64.1 Å². The van der Waals surface area contributed by atoms with E-state index in [0.717, 1.165) is 10.9 Å². The van der Waals surface area contributed by atoms with Gasteiger partial charge in [-0.05, 0) is 19.9 Å². The van der Waals surface area contributed by atoms with Crippen molar-refractivity contribution in [1.29, 1.82) is 5.26 Å². The van der Waals surface area contributed by atoms with Crippen LogP contribution in [0, 0.1) is 16.7 Å². The third-order valence-electron chi connectivity index (χ3n) is 5.92. The van der Waals surface area contributed by atoms with Crippen LogP contribution in [0.4, 0.5) is 0 Å². The van der Waals surface area contributed by atoms with Crippen LogP contribution in [-0.2, 0) is 15.5 Å². The standard InChI is InChI=1S/C23H30N8O2S/c1-16(2)28-34(6,33)29-13-23(14-29,8-9-24)31-12-17(11-27-31)19-18-7-10-30(20(18)26-15-25-19)21(32)22(3,4)5/h7,10-12,15-16H,8,13-14H2,1-6H3. The Kier molecular flexibility index (Phi) is 5.86. The largest absolute Gasteiger partial charge is 0.273 e. The molecule has 1 saturated heterocycles. The SMILES string of the molecule is CC(C)N=S(C)(=O)N1CC(CC#N)(n2cc(-c3ncnc4c3ccn4C(=O)C(C)(C)C)cn2)C1. The second-order valence-corrected chi connectivity index (χ2v) is 12.4. The topological polar surface area (TPSA) is 122 Å². The van der Waals surface area contributed by atoms with Crippen molar-refractivity contribution < 1.29 is 9.00 Å². The Morgan fingerprint density at radius 2 is 2.03 bits per heavy atom. The lowest BCUT2D eigenvalue weighted by Gasteiger charge is -2.48. The predicted octanol–water partition coefficient (Wildman–Crippen LogP) is 3.33. The highest BCUT2D eigenvalue weighted by Gasteiger charge is 2.48. The summed E-state index contributed by atoms with van der Waals surface area (Å²) in [6.07, 6.45) is 8.59. The normalized spacial score (nSPS) is 17.8. The van der Waals surface area contributed by atoms with Gasteiger partial charge in [-0.3, -0.25) is 14.0 Å². The summed E-state index contributed by atoms with van der Waals surface area (Å²) in [5.41, 5.74) is 0.822. The van der Waals surface area contributed by atoms with Crippen LogP contribution in [0.3, 0.4) is 0 Å². The number of hydrogen-bond donors (Lipinski definition) is 0. The van der Waals surface area contributed by atoms with Crippen molar-refractivity contribution in [3.05, 3.63) is 31.0 Å². The highest BCUT2D eigenvalue weighted by atomic mass is 32.2. The molecule has 10 nitrogen and oxygen atoms in total. The number of nitriles is 1. The zero-order valence-corrected chi connectivity index (χ0v) is 21.2. The van der Waals surface area contributed by atoms with Crippen molar-refractivity contribution in [2.24, 2.45) is 9.78 Å². The van der Waals surface area contributed by atoms with Crippen molar-refractivity contribution in [3.8, 4) is 17.3 Å².